The van der Waals surface area contributed by atoms with Crippen molar-refractivity contribution in [3.8, 4) is 5.75 Å². The molecule has 0 aliphatic rings. The van der Waals surface area contributed by atoms with Crippen molar-refractivity contribution in [1.29, 1.82) is 0 Å². The van der Waals surface area contributed by atoms with Crippen LogP contribution in [0.4, 0.5) is 0 Å². The molecule has 4 nitrogen and oxygen atoms in total. The van der Waals surface area contributed by atoms with Gasteiger partial charge >= 0.3 is 5.97 Å². The van der Waals surface area contributed by atoms with Crippen molar-refractivity contribution in [1.82, 2.24) is 4.57 Å². The number of carbonyl (C=O) groups excluding carboxylic acids is 1. The second kappa shape index (κ2) is 5.12. The molecular formula is C14H17NO3. The van der Waals surface area contributed by atoms with Gasteiger partial charge in [0.1, 0.15) is 12.3 Å². The van der Waals surface area contributed by atoms with E-state index in [4.69, 9.17) is 4.74 Å². The normalized spacial score (nSPS) is 10.9. The van der Waals surface area contributed by atoms with E-state index in [0.29, 0.717) is 0 Å². The fraction of sp³-hybridized carbons (Fsp3) is 0.357. The molecule has 0 bridgehead atoms. The molecule has 2 aromatic rings. The zero-order valence-corrected chi connectivity index (χ0v) is 10.8. The maximum absolute atomic E-state index is 11.3. The first-order chi connectivity index (χ1) is 8.60. The van der Waals surface area contributed by atoms with E-state index < -0.39 is 0 Å². The fourth-order valence-electron chi connectivity index (χ4n) is 1.87. The molecule has 0 radical (unpaired) electrons. The first-order valence-corrected chi connectivity index (χ1v) is 5.92. The number of nitrogens with zero attached hydrogens (tertiary/aromatic N) is 1. The lowest BCUT2D eigenvalue weighted by atomic mass is 10.2. The number of hydrogen-bond acceptors (Lipinski definition) is 3. The molecule has 1 aromatic heterocycles. The molecule has 2 rings (SSSR count). The van der Waals surface area contributed by atoms with Gasteiger partial charge in [0.2, 0.25) is 0 Å². The number of esters is 1. The summed E-state index contributed by atoms with van der Waals surface area (Å²) in [6, 6.07) is 7.81. The number of ether oxygens (including phenoxy) is 2. The summed E-state index contributed by atoms with van der Waals surface area (Å²) in [7, 11) is 1.39. The Morgan fingerprint density at radius 1 is 1.33 bits per heavy atom. The van der Waals surface area contributed by atoms with E-state index >= 15 is 0 Å². The van der Waals surface area contributed by atoms with Crippen LogP contribution in [-0.4, -0.2) is 23.8 Å². The quantitative estimate of drug-likeness (QED) is 0.780. The zero-order chi connectivity index (χ0) is 13.1. The summed E-state index contributed by atoms with van der Waals surface area (Å²) >= 11 is 0. The molecule has 1 aromatic carbocycles. The van der Waals surface area contributed by atoms with Crippen LogP contribution in [0, 0.1) is 0 Å². The van der Waals surface area contributed by atoms with Gasteiger partial charge < -0.3 is 14.0 Å². The Hall–Kier alpha value is -1.97. The topological polar surface area (TPSA) is 40.5 Å². The van der Waals surface area contributed by atoms with Crippen molar-refractivity contribution in [2.45, 2.75) is 26.5 Å². The van der Waals surface area contributed by atoms with Crippen LogP contribution < -0.4 is 4.74 Å². The first-order valence-electron chi connectivity index (χ1n) is 5.92. The number of methoxy groups -OCH3 is 1. The van der Waals surface area contributed by atoms with Crippen LogP contribution in [0.15, 0.2) is 30.5 Å². The summed E-state index contributed by atoms with van der Waals surface area (Å²) in [6.45, 7) is 4.21. The molecule has 0 unspecified atom stereocenters. The van der Waals surface area contributed by atoms with Crippen molar-refractivity contribution in [3.63, 3.8) is 0 Å². The van der Waals surface area contributed by atoms with E-state index in [0.717, 1.165) is 16.7 Å². The SMILES string of the molecule is COC(=O)Cn1ccc2cc(OC(C)C)ccc21. The Morgan fingerprint density at radius 2 is 2.11 bits per heavy atom. The van der Waals surface area contributed by atoms with Crippen LogP contribution in [-0.2, 0) is 16.1 Å². The molecule has 18 heavy (non-hydrogen) atoms. The third-order valence-corrected chi connectivity index (χ3v) is 2.64. The van der Waals surface area contributed by atoms with Crippen molar-refractivity contribution in [2.75, 3.05) is 7.11 Å². The second-order valence-electron chi connectivity index (χ2n) is 4.41. The summed E-state index contributed by atoms with van der Waals surface area (Å²) in [6.07, 6.45) is 2.03. The zero-order valence-electron chi connectivity index (χ0n) is 10.8. The van der Waals surface area contributed by atoms with Gasteiger partial charge in [0.15, 0.2) is 0 Å². The molecule has 4 heteroatoms. The number of hydrogen-bond donors (Lipinski definition) is 0. The maximum atomic E-state index is 11.3. The monoisotopic (exact) mass is 247 g/mol. The van der Waals surface area contributed by atoms with Gasteiger partial charge in [0.25, 0.3) is 0 Å². The Labute approximate surface area is 106 Å². The lowest BCUT2D eigenvalue weighted by molar-refractivity contribution is -0.141. The van der Waals surface area contributed by atoms with Crippen molar-refractivity contribution in [2.24, 2.45) is 0 Å². The predicted molar refractivity (Wildman–Crippen MR) is 69.7 cm³/mol. The highest BCUT2D eigenvalue weighted by molar-refractivity contribution is 5.83. The van der Waals surface area contributed by atoms with Gasteiger partial charge in [0, 0.05) is 17.1 Å². The molecule has 0 spiro atoms. The number of rotatable bonds is 4. The van der Waals surface area contributed by atoms with Crippen LogP contribution in [0.5, 0.6) is 5.75 Å². The minimum Gasteiger partial charge on any atom is -0.491 e. The van der Waals surface area contributed by atoms with Crippen molar-refractivity contribution < 1.29 is 14.3 Å². The molecule has 1 heterocycles. The van der Waals surface area contributed by atoms with Crippen LogP contribution >= 0.6 is 0 Å². The molecule has 0 aliphatic heterocycles. The van der Waals surface area contributed by atoms with Gasteiger partial charge in [0.05, 0.1) is 13.2 Å². The number of aromatic nitrogens is 1. The highest BCUT2D eigenvalue weighted by Gasteiger charge is 2.07. The first kappa shape index (κ1) is 12.5. The average Bonchev–Trinajstić information content (AvgIpc) is 2.71. The summed E-state index contributed by atoms with van der Waals surface area (Å²) < 4.78 is 12.2. The van der Waals surface area contributed by atoms with Crippen LogP contribution in [0.3, 0.4) is 0 Å². The van der Waals surface area contributed by atoms with Gasteiger partial charge in [-0.2, -0.15) is 0 Å². The Balaban J connectivity index is 2.28. The molecule has 96 valence electrons. The van der Waals surface area contributed by atoms with Crippen LogP contribution in [0.1, 0.15) is 13.8 Å². The van der Waals surface area contributed by atoms with Crippen molar-refractivity contribution >= 4 is 16.9 Å². The molecule has 0 aliphatic carbocycles. The van der Waals surface area contributed by atoms with E-state index in [9.17, 15) is 4.79 Å². The third kappa shape index (κ3) is 2.64. The molecule has 0 amide bonds. The number of fused-ring (bicyclic) bond motifs is 1. The van der Waals surface area contributed by atoms with Gasteiger partial charge in [-0.3, -0.25) is 4.79 Å². The van der Waals surface area contributed by atoms with E-state index in [2.05, 4.69) is 4.74 Å². The minimum atomic E-state index is -0.255. The summed E-state index contributed by atoms with van der Waals surface area (Å²) in [4.78, 5) is 11.3. The molecule has 0 saturated heterocycles. The van der Waals surface area contributed by atoms with E-state index in [1.807, 2.05) is 48.9 Å². The standard InChI is InChI=1S/C14H17NO3/c1-10(2)18-12-4-5-13-11(8-12)6-7-15(13)9-14(16)17-3/h4-8,10H,9H2,1-3H3. The number of carbonyl (C=O) groups is 1. The van der Waals surface area contributed by atoms with E-state index in [1.165, 1.54) is 7.11 Å². The Kier molecular flexibility index (Phi) is 3.55. The van der Waals surface area contributed by atoms with Gasteiger partial charge in [-0.05, 0) is 38.1 Å². The summed E-state index contributed by atoms with van der Waals surface area (Å²) in [5.41, 5.74) is 0.997. The summed E-state index contributed by atoms with van der Waals surface area (Å²) in [5.74, 6) is 0.586. The Bertz CT molecular complexity index is 557. The third-order valence-electron chi connectivity index (χ3n) is 2.64. The van der Waals surface area contributed by atoms with Gasteiger partial charge in [-0.25, -0.2) is 0 Å². The molecule has 0 N–H and O–H groups in total. The van der Waals surface area contributed by atoms with E-state index in [1.54, 1.807) is 0 Å². The molecule has 0 saturated carbocycles. The maximum Gasteiger partial charge on any atom is 0.325 e. The van der Waals surface area contributed by atoms with Gasteiger partial charge in [-0.1, -0.05) is 0 Å². The van der Waals surface area contributed by atoms with Gasteiger partial charge in [-0.15, -0.1) is 0 Å². The minimum absolute atomic E-state index is 0.152. The Morgan fingerprint density at radius 3 is 2.78 bits per heavy atom. The number of benzene rings is 1. The fourth-order valence-corrected chi connectivity index (χ4v) is 1.87. The largest absolute Gasteiger partial charge is 0.491 e. The van der Waals surface area contributed by atoms with Crippen LogP contribution in [0.2, 0.25) is 0 Å². The van der Waals surface area contributed by atoms with E-state index in [-0.39, 0.29) is 18.6 Å². The average molecular weight is 247 g/mol. The highest BCUT2D eigenvalue weighted by Crippen LogP contribution is 2.22. The van der Waals surface area contributed by atoms with Crippen LogP contribution in [0.25, 0.3) is 10.9 Å². The second-order valence-corrected chi connectivity index (χ2v) is 4.41. The predicted octanol–water partition coefficient (Wildman–Crippen LogP) is 2.60. The highest BCUT2D eigenvalue weighted by atomic mass is 16.5. The molecular weight excluding hydrogens is 230 g/mol. The summed E-state index contributed by atoms with van der Waals surface area (Å²) in [5, 5.41) is 1.05. The lowest BCUT2D eigenvalue weighted by Crippen LogP contribution is -2.10. The lowest BCUT2D eigenvalue weighted by Gasteiger charge is -2.10. The molecule has 0 atom stereocenters. The smallest absolute Gasteiger partial charge is 0.325 e. The van der Waals surface area contributed by atoms with Crippen molar-refractivity contribution in [3.05, 3.63) is 30.5 Å². The molecule has 0 fully saturated rings.